The number of rotatable bonds is 7. The van der Waals surface area contributed by atoms with Crippen molar-refractivity contribution < 1.29 is 29.1 Å². The Hall–Kier alpha value is -1.58. The molecule has 156 valence electrons. The number of hydrogen-bond acceptors (Lipinski definition) is 5. The van der Waals surface area contributed by atoms with Crippen molar-refractivity contribution >= 4 is 29.5 Å². The van der Waals surface area contributed by atoms with Gasteiger partial charge in [-0.1, -0.05) is 0 Å². The summed E-state index contributed by atoms with van der Waals surface area (Å²) in [5.74, 6) is -1.90. The second-order valence-electron chi connectivity index (χ2n) is 8.19. The summed E-state index contributed by atoms with van der Waals surface area (Å²) in [6, 6.07) is -0.421. The lowest BCUT2D eigenvalue weighted by atomic mass is 9.83. The number of hydrogen-bond donors (Lipinski definition) is 3. The maximum Gasteiger partial charge on any atom is 0.353 e. The van der Waals surface area contributed by atoms with E-state index in [1.165, 1.54) is 16.7 Å². The molecule has 3 rings (SSSR count). The first-order chi connectivity index (χ1) is 13.1. The predicted molar refractivity (Wildman–Crippen MR) is 105 cm³/mol. The number of fused-ring (bicyclic) bond motifs is 1. The summed E-state index contributed by atoms with van der Waals surface area (Å²) < 4.78 is 0.627. The zero-order valence-corrected chi connectivity index (χ0v) is 17.7. The molecule has 0 radical (unpaired) electrons. The molecule has 0 aliphatic carbocycles. The van der Waals surface area contributed by atoms with Gasteiger partial charge in [0, 0.05) is 24.3 Å². The number of amides is 2. The van der Waals surface area contributed by atoms with Gasteiger partial charge in [0.2, 0.25) is 5.91 Å². The molecular weight excluding hydrogens is 382 g/mol. The lowest BCUT2D eigenvalue weighted by Gasteiger charge is -2.44. The van der Waals surface area contributed by atoms with E-state index >= 15 is 0 Å². The van der Waals surface area contributed by atoms with E-state index < -0.39 is 18.0 Å². The molecule has 0 spiro atoms. The van der Waals surface area contributed by atoms with E-state index in [-0.39, 0.29) is 34.8 Å². The summed E-state index contributed by atoms with van der Waals surface area (Å²) in [6.07, 6.45) is 0.350. The Morgan fingerprint density at radius 2 is 2.07 bits per heavy atom. The maximum absolute atomic E-state index is 12.5. The van der Waals surface area contributed by atoms with Crippen molar-refractivity contribution in [2.45, 2.75) is 57.1 Å². The molecule has 3 N–H and O–H groups in total. The number of aliphatic hydroxyl groups is 1. The SMILES string of the molecule is CCNC(=O)[C@@H]1C[C@H](SC2=C(C(=O)O)N3C(=O)[C@H]([C@@H](C)O)[C@H]3C2)C[N+]1(C)CC. The molecule has 0 saturated carbocycles. The average Bonchev–Trinajstić information content (AvgIpc) is 3.11. The fraction of sp³-hybridized carbons (Fsp3) is 0.737. The molecule has 2 saturated heterocycles. The van der Waals surface area contributed by atoms with Crippen molar-refractivity contribution in [3.05, 3.63) is 10.6 Å². The zero-order chi connectivity index (χ0) is 20.8. The first-order valence-corrected chi connectivity index (χ1v) is 10.8. The third-order valence-electron chi connectivity index (χ3n) is 6.43. The van der Waals surface area contributed by atoms with E-state index in [2.05, 4.69) is 19.3 Å². The molecule has 3 aliphatic heterocycles. The van der Waals surface area contributed by atoms with Crippen LogP contribution in [0.2, 0.25) is 0 Å². The van der Waals surface area contributed by atoms with Gasteiger partial charge in [0.1, 0.15) is 5.70 Å². The summed E-state index contributed by atoms with van der Waals surface area (Å²) in [7, 11) is 2.07. The van der Waals surface area contributed by atoms with Crippen LogP contribution in [0.15, 0.2) is 10.6 Å². The molecule has 3 aliphatic rings. The average molecular weight is 413 g/mol. The molecule has 0 aromatic heterocycles. The minimum absolute atomic E-state index is 0.0435. The largest absolute Gasteiger partial charge is 0.477 e. The van der Waals surface area contributed by atoms with Crippen LogP contribution >= 0.6 is 11.8 Å². The van der Waals surface area contributed by atoms with Crippen LogP contribution in [0.1, 0.15) is 33.6 Å². The van der Waals surface area contributed by atoms with Gasteiger partial charge in [-0.3, -0.25) is 9.59 Å². The molecule has 6 atom stereocenters. The number of thioether (sulfide) groups is 1. The minimum atomic E-state index is -1.10. The quantitative estimate of drug-likeness (QED) is 0.412. The molecule has 8 nitrogen and oxygen atoms in total. The third kappa shape index (κ3) is 3.33. The molecule has 0 aromatic carbocycles. The second kappa shape index (κ2) is 7.68. The second-order valence-corrected chi connectivity index (χ2v) is 9.58. The standard InChI is InChI=1S/C19H29N3O5S/c1-5-20-17(24)13-7-11(9-22(13,4)6-2)28-14-8-12-15(10(3)23)18(25)21(12)16(14)19(26)27/h10-13,15,23H,5-9H2,1-4H3,(H-,20,24,26,27)/p+1/t10-,11+,12-,13+,15-,22?/m1/s1. The Kier molecular flexibility index (Phi) is 5.80. The van der Waals surface area contributed by atoms with Crippen LogP contribution in [0.3, 0.4) is 0 Å². The highest BCUT2D eigenvalue weighted by Gasteiger charge is 2.57. The van der Waals surface area contributed by atoms with Crippen molar-refractivity contribution in [1.29, 1.82) is 0 Å². The summed E-state index contributed by atoms with van der Waals surface area (Å²) in [5, 5.41) is 22.6. The summed E-state index contributed by atoms with van der Waals surface area (Å²) >= 11 is 1.50. The molecule has 9 heteroatoms. The Morgan fingerprint density at radius 3 is 2.61 bits per heavy atom. The molecule has 2 fully saturated rings. The van der Waals surface area contributed by atoms with Crippen LogP contribution in [-0.4, -0.2) is 87.5 Å². The van der Waals surface area contributed by atoms with Crippen LogP contribution in [0.4, 0.5) is 0 Å². The number of carbonyl (C=O) groups excluding carboxylic acids is 2. The number of aliphatic hydroxyl groups excluding tert-OH is 1. The Morgan fingerprint density at radius 1 is 1.39 bits per heavy atom. The van der Waals surface area contributed by atoms with Crippen molar-refractivity contribution in [2.24, 2.45) is 5.92 Å². The number of β-lactam (4-membered cyclic amide) rings is 1. The number of carboxylic acids is 1. The van der Waals surface area contributed by atoms with Crippen molar-refractivity contribution in [3.8, 4) is 0 Å². The highest BCUT2D eigenvalue weighted by atomic mass is 32.2. The number of nitrogens with one attached hydrogen (secondary N) is 1. The lowest BCUT2D eigenvalue weighted by molar-refractivity contribution is -0.910. The van der Waals surface area contributed by atoms with Crippen LogP contribution in [0, 0.1) is 5.92 Å². The predicted octanol–water partition coefficient (Wildman–Crippen LogP) is 0.371. The number of likely N-dealkylation sites (tertiary alicyclic amines) is 1. The van der Waals surface area contributed by atoms with Crippen molar-refractivity contribution in [3.63, 3.8) is 0 Å². The van der Waals surface area contributed by atoms with E-state index in [1.807, 2.05) is 6.92 Å². The fourth-order valence-corrected chi connectivity index (χ4v) is 6.49. The van der Waals surface area contributed by atoms with Crippen molar-refractivity contribution in [1.82, 2.24) is 10.2 Å². The summed E-state index contributed by atoms with van der Waals surface area (Å²) in [6.45, 7) is 7.72. The van der Waals surface area contributed by atoms with Crippen LogP contribution in [0.5, 0.6) is 0 Å². The topological polar surface area (TPSA) is 107 Å². The molecule has 2 amide bonds. The molecule has 3 heterocycles. The number of carbonyl (C=O) groups is 3. The smallest absolute Gasteiger partial charge is 0.353 e. The first-order valence-electron chi connectivity index (χ1n) is 9.90. The number of carboxylic acid groups (broad SMARTS) is 1. The molecular formula is C19H30N3O5S+. The van der Waals surface area contributed by atoms with Gasteiger partial charge in [-0.15, -0.1) is 11.8 Å². The van der Waals surface area contributed by atoms with Gasteiger partial charge < -0.3 is 24.9 Å². The summed E-state index contributed by atoms with van der Waals surface area (Å²) in [4.78, 5) is 38.8. The zero-order valence-electron chi connectivity index (χ0n) is 16.8. The maximum atomic E-state index is 12.5. The van der Waals surface area contributed by atoms with E-state index in [9.17, 15) is 24.6 Å². The molecule has 28 heavy (non-hydrogen) atoms. The fourth-order valence-electron chi connectivity index (χ4n) is 4.83. The Bertz CT molecular complexity index is 724. The first kappa shape index (κ1) is 21.1. The number of nitrogens with zero attached hydrogens (tertiary/aromatic N) is 2. The highest BCUT2D eigenvalue weighted by Crippen LogP contribution is 2.49. The third-order valence-corrected chi connectivity index (χ3v) is 7.75. The van der Waals surface area contributed by atoms with Gasteiger partial charge in [0.15, 0.2) is 6.04 Å². The molecule has 0 aromatic rings. The number of likely N-dealkylation sites (N-methyl/N-ethyl adjacent to an activating group) is 2. The van der Waals surface area contributed by atoms with Gasteiger partial charge in [-0.05, 0) is 20.8 Å². The number of quaternary nitrogens is 1. The Balaban J connectivity index is 1.79. The van der Waals surface area contributed by atoms with Crippen LogP contribution < -0.4 is 5.32 Å². The molecule has 0 bridgehead atoms. The van der Waals surface area contributed by atoms with E-state index in [1.54, 1.807) is 6.92 Å². The minimum Gasteiger partial charge on any atom is -0.477 e. The van der Waals surface area contributed by atoms with Gasteiger partial charge in [-0.25, -0.2) is 4.79 Å². The van der Waals surface area contributed by atoms with Gasteiger partial charge in [0.25, 0.3) is 5.91 Å². The van der Waals surface area contributed by atoms with Crippen LogP contribution in [-0.2, 0) is 14.4 Å². The summed E-state index contributed by atoms with van der Waals surface area (Å²) in [5.41, 5.74) is 0.0593. The van der Waals surface area contributed by atoms with Crippen molar-refractivity contribution in [2.75, 3.05) is 26.7 Å². The van der Waals surface area contributed by atoms with Crippen LogP contribution in [0.25, 0.3) is 0 Å². The van der Waals surface area contributed by atoms with E-state index in [0.717, 1.165) is 13.1 Å². The van der Waals surface area contributed by atoms with Gasteiger partial charge in [0.05, 0.1) is 43.5 Å². The van der Waals surface area contributed by atoms with Gasteiger partial charge in [-0.2, -0.15) is 0 Å². The Labute approximate surface area is 169 Å². The van der Waals surface area contributed by atoms with E-state index in [4.69, 9.17) is 0 Å². The molecule has 1 unspecified atom stereocenters. The lowest BCUT2D eigenvalue weighted by Crippen LogP contribution is -2.61. The van der Waals surface area contributed by atoms with E-state index in [0.29, 0.717) is 28.8 Å². The monoisotopic (exact) mass is 412 g/mol. The normalized spacial score (nSPS) is 35.6. The highest BCUT2D eigenvalue weighted by molar-refractivity contribution is 8.03. The van der Waals surface area contributed by atoms with Gasteiger partial charge >= 0.3 is 5.97 Å². The number of aliphatic carboxylic acids is 1.